The van der Waals surface area contributed by atoms with Gasteiger partial charge in [0.1, 0.15) is 17.3 Å². The van der Waals surface area contributed by atoms with Crippen LogP contribution in [0.3, 0.4) is 0 Å². The van der Waals surface area contributed by atoms with Crippen molar-refractivity contribution >= 4 is 15.7 Å². The van der Waals surface area contributed by atoms with Crippen LogP contribution in [0.2, 0.25) is 0 Å². The smallest absolute Gasteiger partial charge is 0.490 e. The van der Waals surface area contributed by atoms with Crippen molar-refractivity contribution in [3.8, 4) is 5.75 Å². The first-order valence-corrected chi connectivity index (χ1v) is 6.70. The van der Waals surface area contributed by atoms with Gasteiger partial charge in [0, 0.05) is 12.1 Å². The maximum Gasteiger partial charge on any atom is 0.522 e. The van der Waals surface area contributed by atoms with Gasteiger partial charge in [0.05, 0.1) is 11.5 Å². The zero-order valence-electron chi connectivity index (χ0n) is 10.2. The molecule has 0 aromatic heterocycles. The van der Waals surface area contributed by atoms with Crippen LogP contribution in [-0.4, -0.2) is 32.9 Å². The number of ether oxygens (including phenoxy) is 2. The van der Waals surface area contributed by atoms with Crippen LogP contribution < -0.4 is 9.88 Å². The van der Waals surface area contributed by atoms with Crippen molar-refractivity contribution in [3.05, 3.63) is 28.3 Å². The molecule has 2 N–H and O–H groups in total. The summed E-state index contributed by atoms with van der Waals surface area (Å²) in [7, 11) is -4.35. The molecular formula is C9H9F3N2O6S. The number of nitro groups is 1. The lowest BCUT2D eigenvalue weighted by Gasteiger charge is -2.11. The molecule has 1 aromatic carbocycles. The molecule has 0 amide bonds. The number of nitrogens with two attached hydrogens (primary N) is 1. The highest BCUT2D eigenvalue weighted by Crippen LogP contribution is 2.27. The molecule has 0 saturated carbocycles. The zero-order valence-corrected chi connectivity index (χ0v) is 11.0. The van der Waals surface area contributed by atoms with Gasteiger partial charge in [0.25, 0.3) is 5.69 Å². The fourth-order valence-corrected chi connectivity index (χ4v) is 1.95. The fourth-order valence-electron chi connectivity index (χ4n) is 1.26. The van der Waals surface area contributed by atoms with E-state index in [1.165, 1.54) is 0 Å². The molecule has 21 heavy (non-hydrogen) atoms. The molecule has 0 bridgehead atoms. The number of hydrogen-bond donors (Lipinski definition) is 1. The third kappa shape index (κ3) is 5.53. The van der Waals surface area contributed by atoms with Gasteiger partial charge in [0.2, 0.25) is 10.0 Å². The van der Waals surface area contributed by atoms with Gasteiger partial charge in [-0.1, -0.05) is 0 Å². The normalized spacial score (nSPS) is 12.2. The minimum atomic E-state index is -4.85. The van der Waals surface area contributed by atoms with E-state index >= 15 is 0 Å². The Labute approximate surface area is 116 Å². The molecule has 0 spiro atoms. The van der Waals surface area contributed by atoms with E-state index < -0.39 is 50.9 Å². The van der Waals surface area contributed by atoms with Gasteiger partial charge in [-0.3, -0.25) is 14.9 Å². The van der Waals surface area contributed by atoms with Crippen molar-refractivity contribution in [2.45, 2.75) is 11.3 Å². The summed E-state index contributed by atoms with van der Waals surface area (Å²) >= 11 is 0. The van der Waals surface area contributed by atoms with Gasteiger partial charge in [0.15, 0.2) is 0 Å². The number of nitro benzene ring substituents is 1. The molecule has 118 valence electrons. The monoisotopic (exact) mass is 330 g/mol. The first-order valence-electron chi connectivity index (χ1n) is 5.15. The predicted molar refractivity (Wildman–Crippen MR) is 62.0 cm³/mol. The van der Waals surface area contributed by atoms with Crippen LogP contribution in [0.4, 0.5) is 18.9 Å². The largest absolute Gasteiger partial charge is 0.522 e. The fraction of sp³-hybridized carbons (Fsp3) is 0.333. The third-order valence-electron chi connectivity index (χ3n) is 2.05. The van der Waals surface area contributed by atoms with Gasteiger partial charge in [-0.25, -0.2) is 13.6 Å². The SMILES string of the molecule is NS(=O)(=O)c1cc([N+](=O)[O-])ccc1OCCOC(F)(F)F. The molecule has 1 aromatic rings. The highest BCUT2D eigenvalue weighted by molar-refractivity contribution is 7.89. The van der Waals surface area contributed by atoms with E-state index in [1.54, 1.807) is 0 Å². The lowest BCUT2D eigenvalue weighted by atomic mass is 10.3. The van der Waals surface area contributed by atoms with E-state index in [0.29, 0.717) is 6.07 Å². The highest BCUT2D eigenvalue weighted by atomic mass is 32.2. The summed E-state index contributed by atoms with van der Waals surface area (Å²) in [6, 6.07) is 2.50. The molecule has 1 rings (SSSR count). The van der Waals surface area contributed by atoms with Crippen LogP contribution in [0.1, 0.15) is 0 Å². The Balaban J connectivity index is 2.89. The Morgan fingerprint density at radius 3 is 2.38 bits per heavy atom. The predicted octanol–water partition coefficient (Wildman–Crippen LogP) is 1.16. The summed E-state index contributed by atoms with van der Waals surface area (Å²) in [4.78, 5) is 8.99. The highest BCUT2D eigenvalue weighted by Gasteiger charge is 2.29. The topological polar surface area (TPSA) is 122 Å². The number of halogens is 3. The van der Waals surface area contributed by atoms with E-state index in [9.17, 15) is 31.7 Å². The van der Waals surface area contributed by atoms with Crippen LogP contribution in [0.25, 0.3) is 0 Å². The number of non-ortho nitro benzene ring substituents is 1. The van der Waals surface area contributed by atoms with E-state index in [2.05, 4.69) is 4.74 Å². The summed E-state index contributed by atoms with van der Waals surface area (Å²) in [5, 5.41) is 15.4. The van der Waals surface area contributed by atoms with Crippen molar-refractivity contribution in [1.29, 1.82) is 0 Å². The van der Waals surface area contributed by atoms with Gasteiger partial charge in [-0.05, 0) is 6.07 Å². The Kier molecular flexibility index (Phi) is 5.09. The zero-order chi connectivity index (χ0) is 16.3. The maximum atomic E-state index is 11.7. The standard InChI is InChI=1S/C9H9F3N2O6S/c10-9(11,12)20-4-3-19-7-2-1-6(14(15)16)5-8(7)21(13,17)18/h1-2,5H,3-4H2,(H2,13,17,18). The second-order valence-electron chi connectivity index (χ2n) is 3.58. The molecule has 0 fully saturated rings. The van der Waals surface area contributed by atoms with Crippen molar-refractivity contribution in [2.24, 2.45) is 5.14 Å². The van der Waals surface area contributed by atoms with Crippen LogP contribution in [0.15, 0.2) is 23.1 Å². The summed E-state index contributed by atoms with van der Waals surface area (Å²) in [5.74, 6) is -0.408. The Hall–Kier alpha value is -1.92. The van der Waals surface area contributed by atoms with E-state index in [-0.39, 0.29) is 0 Å². The van der Waals surface area contributed by atoms with Gasteiger partial charge >= 0.3 is 6.36 Å². The van der Waals surface area contributed by atoms with E-state index in [1.807, 2.05) is 0 Å². The Morgan fingerprint density at radius 1 is 1.29 bits per heavy atom. The molecule has 0 aliphatic carbocycles. The number of sulfonamides is 1. The number of rotatable bonds is 6. The summed E-state index contributed by atoms with van der Waals surface area (Å²) < 4.78 is 65.9. The van der Waals surface area contributed by atoms with Crippen LogP contribution >= 0.6 is 0 Å². The van der Waals surface area contributed by atoms with Crippen molar-refractivity contribution in [3.63, 3.8) is 0 Å². The lowest BCUT2D eigenvalue weighted by molar-refractivity contribution is -0.385. The molecule has 0 atom stereocenters. The Morgan fingerprint density at radius 2 is 1.90 bits per heavy atom. The molecule has 0 aliphatic rings. The van der Waals surface area contributed by atoms with Gasteiger partial charge < -0.3 is 4.74 Å². The number of nitrogens with zero attached hydrogens (tertiary/aromatic N) is 1. The first-order chi connectivity index (χ1) is 9.50. The third-order valence-corrected chi connectivity index (χ3v) is 2.98. The van der Waals surface area contributed by atoms with Crippen molar-refractivity contribution in [1.82, 2.24) is 0 Å². The maximum absolute atomic E-state index is 11.7. The minimum Gasteiger partial charge on any atom is -0.490 e. The van der Waals surface area contributed by atoms with Gasteiger partial charge in [-0.2, -0.15) is 0 Å². The van der Waals surface area contributed by atoms with Gasteiger partial charge in [-0.15, -0.1) is 13.2 Å². The summed E-state index contributed by atoms with van der Waals surface area (Å²) in [6.45, 7) is -1.51. The summed E-state index contributed by atoms with van der Waals surface area (Å²) in [6.07, 6.45) is -4.85. The number of benzene rings is 1. The van der Waals surface area contributed by atoms with Crippen molar-refractivity contribution < 1.29 is 36.0 Å². The lowest BCUT2D eigenvalue weighted by Crippen LogP contribution is -2.19. The van der Waals surface area contributed by atoms with Crippen LogP contribution in [0, 0.1) is 10.1 Å². The van der Waals surface area contributed by atoms with Crippen LogP contribution in [-0.2, 0) is 14.8 Å². The quantitative estimate of drug-likeness (QED) is 0.474. The molecule has 0 saturated heterocycles. The van der Waals surface area contributed by atoms with Crippen LogP contribution in [0.5, 0.6) is 5.75 Å². The molecule has 8 nitrogen and oxygen atoms in total. The molecule has 0 heterocycles. The first kappa shape index (κ1) is 17.1. The molecule has 0 radical (unpaired) electrons. The number of primary sulfonamides is 1. The average Bonchev–Trinajstić information content (AvgIpc) is 2.32. The van der Waals surface area contributed by atoms with E-state index in [0.717, 1.165) is 12.1 Å². The average molecular weight is 330 g/mol. The number of hydrogen-bond acceptors (Lipinski definition) is 6. The minimum absolute atomic E-state index is 0.408. The molecule has 0 unspecified atom stereocenters. The second kappa shape index (κ2) is 6.24. The second-order valence-corrected chi connectivity index (χ2v) is 5.11. The van der Waals surface area contributed by atoms with Crippen molar-refractivity contribution in [2.75, 3.05) is 13.2 Å². The van der Waals surface area contributed by atoms with E-state index in [4.69, 9.17) is 9.88 Å². The Bertz CT molecular complexity index is 631. The molecular weight excluding hydrogens is 321 g/mol. The molecule has 0 aliphatic heterocycles. The summed E-state index contributed by atoms with van der Waals surface area (Å²) in [5.41, 5.74) is -0.557. The number of alkyl halides is 3. The molecule has 12 heteroatoms.